The van der Waals surface area contributed by atoms with Gasteiger partial charge in [0.15, 0.2) is 5.82 Å². The van der Waals surface area contributed by atoms with E-state index in [1.54, 1.807) is 4.68 Å². The number of rotatable bonds is 3. The second kappa shape index (κ2) is 4.28. The highest BCUT2D eigenvalue weighted by Gasteiger charge is 2.07. The molecule has 0 aliphatic rings. The maximum Gasteiger partial charge on any atom is 0.182 e. The first-order chi connectivity index (χ1) is 7.72. The van der Waals surface area contributed by atoms with E-state index >= 15 is 0 Å². The van der Waals surface area contributed by atoms with E-state index in [0.29, 0.717) is 11.6 Å². The number of aryl methyl sites for hydroxylation is 2. The first-order valence-electron chi connectivity index (χ1n) is 5.07. The molecule has 2 aromatic rings. The number of hydrogen-bond acceptors (Lipinski definition) is 5. The minimum atomic E-state index is 0.591. The van der Waals surface area contributed by atoms with Crippen LogP contribution in [0.4, 0.5) is 5.82 Å². The zero-order valence-corrected chi connectivity index (χ0v) is 9.31. The first-order valence-corrected chi connectivity index (χ1v) is 5.07. The van der Waals surface area contributed by atoms with Crippen molar-refractivity contribution in [2.75, 3.05) is 5.43 Å². The molecular formula is C10H14N6. The Kier molecular flexibility index (Phi) is 2.82. The lowest BCUT2D eigenvalue weighted by Gasteiger charge is -2.04. The van der Waals surface area contributed by atoms with Crippen LogP contribution in [-0.4, -0.2) is 19.7 Å². The number of aromatic nitrogens is 4. The number of hydrazine groups is 1. The standard InChI is InChI=1S/C10H14N6/c1-3-7-6-9(14-11)13-10(12-7)8-4-5-16(2)15-8/h4-6H,3,11H2,1-2H3,(H,12,13,14). The average Bonchev–Trinajstić information content (AvgIpc) is 2.75. The summed E-state index contributed by atoms with van der Waals surface area (Å²) in [6.45, 7) is 2.03. The average molecular weight is 218 g/mol. The Bertz CT molecular complexity index is 468. The molecule has 0 atom stereocenters. The molecule has 0 unspecified atom stereocenters. The van der Waals surface area contributed by atoms with Crippen LogP contribution in [0, 0.1) is 0 Å². The Morgan fingerprint density at radius 3 is 2.81 bits per heavy atom. The molecule has 0 aromatic carbocycles. The summed E-state index contributed by atoms with van der Waals surface area (Å²) in [7, 11) is 1.86. The van der Waals surface area contributed by atoms with Crippen LogP contribution in [0.3, 0.4) is 0 Å². The molecule has 3 N–H and O–H groups in total. The van der Waals surface area contributed by atoms with E-state index in [-0.39, 0.29) is 0 Å². The molecule has 84 valence electrons. The van der Waals surface area contributed by atoms with Crippen LogP contribution >= 0.6 is 0 Å². The summed E-state index contributed by atoms with van der Waals surface area (Å²) in [4.78, 5) is 8.66. The van der Waals surface area contributed by atoms with Gasteiger partial charge >= 0.3 is 0 Å². The predicted octanol–water partition coefficient (Wildman–Crippen LogP) is 0.725. The number of hydrogen-bond donors (Lipinski definition) is 2. The molecule has 16 heavy (non-hydrogen) atoms. The summed E-state index contributed by atoms with van der Waals surface area (Å²) in [6, 6.07) is 3.70. The number of nitrogen functional groups attached to an aromatic ring is 1. The van der Waals surface area contributed by atoms with E-state index in [9.17, 15) is 0 Å². The summed E-state index contributed by atoms with van der Waals surface area (Å²) >= 11 is 0. The fraction of sp³-hybridized carbons (Fsp3) is 0.300. The van der Waals surface area contributed by atoms with Gasteiger partial charge in [-0.15, -0.1) is 0 Å². The van der Waals surface area contributed by atoms with Crippen molar-refractivity contribution in [2.24, 2.45) is 12.9 Å². The van der Waals surface area contributed by atoms with Gasteiger partial charge in [0.2, 0.25) is 0 Å². The molecule has 0 saturated carbocycles. The molecule has 0 aliphatic heterocycles. The van der Waals surface area contributed by atoms with Gasteiger partial charge in [0, 0.05) is 25.0 Å². The van der Waals surface area contributed by atoms with Gasteiger partial charge in [-0.05, 0) is 12.5 Å². The van der Waals surface area contributed by atoms with Crippen LogP contribution in [0.1, 0.15) is 12.6 Å². The molecule has 6 nitrogen and oxygen atoms in total. The molecule has 0 bridgehead atoms. The zero-order valence-electron chi connectivity index (χ0n) is 9.31. The predicted molar refractivity (Wildman–Crippen MR) is 61.4 cm³/mol. The van der Waals surface area contributed by atoms with Gasteiger partial charge < -0.3 is 5.43 Å². The van der Waals surface area contributed by atoms with Crippen LogP contribution < -0.4 is 11.3 Å². The lowest BCUT2D eigenvalue weighted by Crippen LogP contribution is -2.10. The maximum absolute atomic E-state index is 5.36. The highest BCUT2D eigenvalue weighted by atomic mass is 15.3. The number of anilines is 1. The van der Waals surface area contributed by atoms with Gasteiger partial charge in [0.25, 0.3) is 0 Å². The highest BCUT2D eigenvalue weighted by molar-refractivity contribution is 5.52. The lowest BCUT2D eigenvalue weighted by molar-refractivity contribution is 0.768. The number of nitrogens with one attached hydrogen (secondary N) is 1. The monoisotopic (exact) mass is 218 g/mol. The van der Waals surface area contributed by atoms with Crippen molar-refractivity contribution in [3.05, 3.63) is 24.0 Å². The second-order valence-corrected chi connectivity index (χ2v) is 3.44. The van der Waals surface area contributed by atoms with Crippen molar-refractivity contribution in [2.45, 2.75) is 13.3 Å². The minimum absolute atomic E-state index is 0.591. The van der Waals surface area contributed by atoms with Gasteiger partial charge in [-0.2, -0.15) is 5.10 Å². The van der Waals surface area contributed by atoms with Crippen LogP contribution in [0.5, 0.6) is 0 Å². The fourth-order valence-corrected chi connectivity index (χ4v) is 1.40. The van der Waals surface area contributed by atoms with Gasteiger partial charge in [-0.3, -0.25) is 4.68 Å². The number of nitrogens with two attached hydrogens (primary N) is 1. The van der Waals surface area contributed by atoms with Gasteiger partial charge in [0.1, 0.15) is 11.5 Å². The Morgan fingerprint density at radius 1 is 1.44 bits per heavy atom. The molecular weight excluding hydrogens is 204 g/mol. The van der Waals surface area contributed by atoms with E-state index in [0.717, 1.165) is 17.8 Å². The third kappa shape index (κ3) is 2.01. The molecule has 2 heterocycles. The maximum atomic E-state index is 5.36. The quantitative estimate of drug-likeness (QED) is 0.586. The summed E-state index contributed by atoms with van der Waals surface area (Å²) in [5.41, 5.74) is 4.21. The first kappa shape index (κ1) is 10.6. The smallest absolute Gasteiger partial charge is 0.182 e. The van der Waals surface area contributed by atoms with Crippen LogP contribution in [0.15, 0.2) is 18.3 Å². The molecule has 0 amide bonds. The van der Waals surface area contributed by atoms with E-state index in [1.807, 2.05) is 32.3 Å². The van der Waals surface area contributed by atoms with Crippen molar-refractivity contribution in [1.82, 2.24) is 19.7 Å². The third-order valence-corrected chi connectivity index (χ3v) is 2.23. The SMILES string of the molecule is CCc1cc(NN)nc(-c2ccn(C)n2)n1. The zero-order chi connectivity index (χ0) is 11.5. The molecule has 0 fully saturated rings. The Morgan fingerprint density at radius 2 is 2.25 bits per heavy atom. The molecule has 0 spiro atoms. The van der Waals surface area contributed by atoms with Crippen LogP contribution in [0.2, 0.25) is 0 Å². The Balaban J connectivity index is 2.47. The van der Waals surface area contributed by atoms with Crippen LogP contribution in [-0.2, 0) is 13.5 Å². The Hall–Kier alpha value is -1.95. The third-order valence-electron chi connectivity index (χ3n) is 2.23. The van der Waals surface area contributed by atoms with Gasteiger partial charge in [-0.1, -0.05) is 6.92 Å². The van der Waals surface area contributed by atoms with Crippen molar-refractivity contribution in [1.29, 1.82) is 0 Å². The Labute approximate surface area is 93.5 Å². The normalized spacial score (nSPS) is 10.4. The highest BCUT2D eigenvalue weighted by Crippen LogP contribution is 2.15. The van der Waals surface area contributed by atoms with E-state index < -0.39 is 0 Å². The molecule has 2 rings (SSSR count). The second-order valence-electron chi connectivity index (χ2n) is 3.44. The molecule has 0 saturated heterocycles. The fourth-order valence-electron chi connectivity index (χ4n) is 1.40. The van der Waals surface area contributed by atoms with E-state index in [2.05, 4.69) is 20.5 Å². The van der Waals surface area contributed by atoms with E-state index in [1.165, 1.54) is 0 Å². The number of nitrogens with zero attached hydrogens (tertiary/aromatic N) is 4. The van der Waals surface area contributed by atoms with Crippen molar-refractivity contribution < 1.29 is 0 Å². The summed E-state index contributed by atoms with van der Waals surface area (Å²) in [6.07, 6.45) is 2.68. The lowest BCUT2D eigenvalue weighted by atomic mass is 10.3. The van der Waals surface area contributed by atoms with E-state index in [4.69, 9.17) is 5.84 Å². The van der Waals surface area contributed by atoms with Crippen molar-refractivity contribution >= 4 is 5.82 Å². The van der Waals surface area contributed by atoms with Crippen molar-refractivity contribution in [3.63, 3.8) is 0 Å². The molecule has 0 aliphatic carbocycles. The largest absolute Gasteiger partial charge is 0.308 e. The summed E-state index contributed by atoms with van der Waals surface area (Å²) < 4.78 is 1.72. The van der Waals surface area contributed by atoms with Gasteiger partial charge in [-0.25, -0.2) is 15.8 Å². The van der Waals surface area contributed by atoms with Crippen molar-refractivity contribution in [3.8, 4) is 11.5 Å². The molecule has 6 heteroatoms. The van der Waals surface area contributed by atoms with Crippen LogP contribution in [0.25, 0.3) is 11.5 Å². The molecule has 2 aromatic heterocycles. The topological polar surface area (TPSA) is 81.6 Å². The minimum Gasteiger partial charge on any atom is -0.308 e. The summed E-state index contributed by atoms with van der Waals surface area (Å²) in [5, 5.41) is 4.25. The molecule has 0 radical (unpaired) electrons. The summed E-state index contributed by atoms with van der Waals surface area (Å²) in [5.74, 6) is 6.55. The van der Waals surface area contributed by atoms with Gasteiger partial charge in [0.05, 0.1) is 0 Å².